The van der Waals surface area contributed by atoms with Crippen LogP contribution in [0.25, 0.3) is 22.8 Å². The van der Waals surface area contributed by atoms with Crippen molar-refractivity contribution in [3.05, 3.63) is 142 Å². The van der Waals surface area contributed by atoms with Gasteiger partial charge in [-0.3, -0.25) is 0 Å². The van der Waals surface area contributed by atoms with Crippen LogP contribution in [0.3, 0.4) is 0 Å². The second-order valence-corrected chi connectivity index (χ2v) is 13.5. The van der Waals surface area contributed by atoms with Crippen LogP contribution in [0.1, 0.15) is 105 Å². The van der Waals surface area contributed by atoms with Crippen molar-refractivity contribution >= 4 is 22.8 Å². The number of allylic oxidation sites excluding steroid dienone is 3. The molecule has 0 saturated carbocycles. The van der Waals surface area contributed by atoms with E-state index in [1.54, 1.807) is 0 Å². The van der Waals surface area contributed by atoms with Crippen LogP contribution in [0.4, 0.5) is 0 Å². The van der Waals surface area contributed by atoms with Crippen molar-refractivity contribution in [1.82, 2.24) is 0 Å². The van der Waals surface area contributed by atoms with Crippen molar-refractivity contribution in [2.75, 3.05) is 0 Å². The summed E-state index contributed by atoms with van der Waals surface area (Å²) in [5.74, 6) is 0.532. The summed E-state index contributed by atoms with van der Waals surface area (Å²) in [6, 6.07) is 36.5. The molecule has 2 unspecified atom stereocenters. The third-order valence-corrected chi connectivity index (χ3v) is 8.74. The van der Waals surface area contributed by atoms with E-state index in [0.29, 0.717) is 5.92 Å². The van der Waals surface area contributed by atoms with Crippen LogP contribution in [0, 0.1) is 0 Å². The maximum atomic E-state index is 2.47. The maximum absolute atomic E-state index is 2.47. The molecule has 6 rings (SSSR count). The molecule has 0 fully saturated rings. The zero-order chi connectivity index (χ0) is 27.5. The predicted octanol–water partition coefficient (Wildman–Crippen LogP) is 10.6. The summed E-state index contributed by atoms with van der Waals surface area (Å²) >= 11 is 0. The molecule has 0 spiro atoms. The van der Waals surface area contributed by atoms with Gasteiger partial charge in [-0.15, -0.1) is 0 Å². The van der Waals surface area contributed by atoms with Crippen LogP contribution in [-0.2, 0) is 10.8 Å². The molecule has 0 N–H and O–H groups in total. The smallest absolute Gasteiger partial charge is 0.0361 e. The summed E-state index contributed by atoms with van der Waals surface area (Å²) in [7, 11) is 0. The molecule has 0 radical (unpaired) electrons. The normalized spacial score (nSPS) is 18.7. The summed E-state index contributed by atoms with van der Waals surface area (Å²) in [6.07, 6.45) is 2.47. The van der Waals surface area contributed by atoms with Crippen molar-refractivity contribution < 1.29 is 0 Å². The molecule has 0 aromatic heterocycles. The van der Waals surface area contributed by atoms with E-state index in [-0.39, 0.29) is 16.7 Å². The number of benzene rings is 4. The van der Waals surface area contributed by atoms with Gasteiger partial charge in [-0.2, -0.15) is 0 Å². The Morgan fingerprint density at radius 1 is 0.538 bits per heavy atom. The van der Waals surface area contributed by atoms with E-state index in [1.807, 2.05) is 0 Å². The highest BCUT2D eigenvalue weighted by Crippen LogP contribution is 2.58. The maximum Gasteiger partial charge on any atom is 0.0361 e. The number of fused-ring (bicyclic) bond motifs is 2. The Kier molecular flexibility index (Phi) is 6.07. The molecule has 0 nitrogen and oxygen atoms in total. The van der Waals surface area contributed by atoms with Gasteiger partial charge in [0, 0.05) is 11.8 Å². The monoisotopic (exact) mass is 508 g/mol. The molecule has 0 heterocycles. The Labute approximate surface area is 235 Å². The highest BCUT2D eigenvalue weighted by molar-refractivity contribution is 6.10. The Hall–Kier alpha value is -3.64. The molecular weight excluding hydrogens is 468 g/mol. The van der Waals surface area contributed by atoms with E-state index in [2.05, 4.69) is 152 Å². The van der Waals surface area contributed by atoms with Gasteiger partial charge in [-0.25, -0.2) is 0 Å². The van der Waals surface area contributed by atoms with Gasteiger partial charge in [0.25, 0.3) is 0 Å². The summed E-state index contributed by atoms with van der Waals surface area (Å²) in [5, 5.41) is 0. The minimum Gasteiger partial charge on any atom is -0.0622 e. The molecule has 4 aromatic carbocycles. The summed E-state index contributed by atoms with van der Waals surface area (Å²) in [6.45, 7) is 16.4. The summed E-state index contributed by atoms with van der Waals surface area (Å²) < 4.78 is 0. The van der Waals surface area contributed by atoms with Crippen LogP contribution in [-0.4, -0.2) is 0 Å². The van der Waals surface area contributed by atoms with E-state index >= 15 is 0 Å². The predicted molar refractivity (Wildman–Crippen MR) is 169 cm³/mol. The van der Waals surface area contributed by atoms with Gasteiger partial charge in [0.15, 0.2) is 0 Å². The fraction of sp³-hybridized carbons (Fsp3) is 0.282. The highest BCUT2D eigenvalue weighted by atomic mass is 14.4. The van der Waals surface area contributed by atoms with Crippen LogP contribution < -0.4 is 0 Å². The molecule has 0 aliphatic heterocycles. The lowest BCUT2D eigenvalue weighted by atomic mass is 9.76. The van der Waals surface area contributed by atoms with Gasteiger partial charge in [-0.05, 0) is 78.1 Å². The van der Waals surface area contributed by atoms with Gasteiger partial charge in [0.2, 0.25) is 0 Å². The fourth-order valence-electron chi connectivity index (χ4n) is 6.53. The standard InChI is InChI=1S/C39H40/c1-25-31-18-13-14-20-33(31)37(35(25)26-15-9-8-10-16-26)36-32-19-12-11-17-27(32)23-34(36)28-21-29(38(2,3)4)24-30(22-28)39(5,6)7/h8-25,36H,1-7H3. The molecule has 0 saturated heterocycles. The van der Waals surface area contributed by atoms with Gasteiger partial charge in [-0.1, -0.05) is 146 Å². The van der Waals surface area contributed by atoms with Crippen molar-refractivity contribution in [1.29, 1.82) is 0 Å². The quantitative estimate of drug-likeness (QED) is 0.258. The molecule has 2 aliphatic carbocycles. The van der Waals surface area contributed by atoms with Crippen molar-refractivity contribution in [3.8, 4) is 0 Å². The Bertz CT molecular complexity index is 1580. The lowest BCUT2D eigenvalue weighted by Gasteiger charge is -2.28. The molecule has 2 aliphatic rings. The second kappa shape index (κ2) is 9.23. The van der Waals surface area contributed by atoms with E-state index in [4.69, 9.17) is 0 Å². The first-order valence-corrected chi connectivity index (χ1v) is 14.4. The zero-order valence-corrected chi connectivity index (χ0v) is 24.5. The van der Waals surface area contributed by atoms with Gasteiger partial charge in [0.1, 0.15) is 0 Å². The number of rotatable bonds is 3. The molecular formula is C39H40. The van der Waals surface area contributed by atoms with Crippen molar-refractivity contribution in [2.45, 2.75) is 71.1 Å². The highest BCUT2D eigenvalue weighted by Gasteiger charge is 2.38. The topological polar surface area (TPSA) is 0 Å². The van der Waals surface area contributed by atoms with Crippen LogP contribution in [0.5, 0.6) is 0 Å². The summed E-state index contributed by atoms with van der Waals surface area (Å²) in [4.78, 5) is 0. The van der Waals surface area contributed by atoms with E-state index < -0.39 is 0 Å². The van der Waals surface area contributed by atoms with E-state index in [0.717, 1.165) is 0 Å². The van der Waals surface area contributed by atoms with E-state index in [1.165, 1.54) is 61.2 Å². The first-order valence-electron chi connectivity index (χ1n) is 14.4. The van der Waals surface area contributed by atoms with Gasteiger partial charge < -0.3 is 0 Å². The number of hydrogen-bond donors (Lipinski definition) is 0. The average Bonchev–Trinajstić information content (AvgIpc) is 3.43. The second-order valence-electron chi connectivity index (χ2n) is 13.5. The van der Waals surface area contributed by atoms with Crippen LogP contribution in [0.2, 0.25) is 0 Å². The van der Waals surface area contributed by atoms with E-state index in [9.17, 15) is 0 Å². The molecule has 196 valence electrons. The molecule has 2 atom stereocenters. The molecule has 4 aromatic rings. The Morgan fingerprint density at radius 3 is 1.74 bits per heavy atom. The first-order chi connectivity index (χ1) is 18.5. The van der Waals surface area contributed by atoms with Crippen LogP contribution >= 0.6 is 0 Å². The first kappa shape index (κ1) is 25.6. The lowest BCUT2D eigenvalue weighted by Crippen LogP contribution is -2.17. The third kappa shape index (κ3) is 4.41. The SMILES string of the molecule is CC1C(c2ccccc2)=C(C2C(c3cc(C(C)(C)C)cc(C(C)(C)C)c3)=Cc3ccccc32)c2ccccc21. The lowest BCUT2D eigenvalue weighted by molar-refractivity contribution is 0.568. The molecule has 0 amide bonds. The van der Waals surface area contributed by atoms with Crippen molar-refractivity contribution in [3.63, 3.8) is 0 Å². The molecule has 0 heteroatoms. The zero-order valence-electron chi connectivity index (χ0n) is 24.5. The van der Waals surface area contributed by atoms with Gasteiger partial charge >= 0.3 is 0 Å². The minimum atomic E-state index is 0.0699. The largest absolute Gasteiger partial charge is 0.0622 e. The van der Waals surface area contributed by atoms with Crippen LogP contribution in [0.15, 0.2) is 97.1 Å². The fourth-order valence-corrected chi connectivity index (χ4v) is 6.53. The van der Waals surface area contributed by atoms with Gasteiger partial charge in [0.05, 0.1) is 0 Å². The average molecular weight is 509 g/mol. The number of hydrogen-bond acceptors (Lipinski definition) is 0. The Balaban J connectivity index is 1.65. The molecule has 39 heavy (non-hydrogen) atoms. The minimum absolute atomic E-state index is 0.0699. The summed E-state index contributed by atoms with van der Waals surface area (Å²) in [5.41, 5.74) is 15.6. The Morgan fingerprint density at radius 2 is 1.10 bits per heavy atom. The molecule has 0 bridgehead atoms. The third-order valence-electron chi connectivity index (χ3n) is 8.74. The van der Waals surface area contributed by atoms with Crippen molar-refractivity contribution in [2.24, 2.45) is 0 Å².